The molecule has 180 valence electrons. The lowest BCUT2D eigenvalue weighted by molar-refractivity contribution is 0.306. The van der Waals surface area contributed by atoms with Crippen molar-refractivity contribution < 1.29 is 9.13 Å². The zero-order valence-electron chi connectivity index (χ0n) is 20.9. The van der Waals surface area contributed by atoms with E-state index in [1.807, 2.05) is 42.5 Å². The van der Waals surface area contributed by atoms with Crippen molar-refractivity contribution >= 4 is 8.80 Å². The highest BCUT2D eigenvalue weighted by Gasteiger charge is 2.27. The van der Waals surface area contributed by atoms with Crippen LogP contribution in [0.15, 0.2) is 66.7 Å². The van der Waals surface area contributed by atoms with Gasteiger partial charge in [-0.25, -0.2) is 4.39 Å². The van der Waals surface area contributed by atoms with E-state index < -0.39 is 8.80 Å². The zero-order chi connectivity index (χ0) is 23.8. The molecule has 0 aromatic heterocycles. The van der Waals surface area contributed by atoms with Crippen molar-refractivity contribution in [1.29, 1.82) is 0 Å². The Hall–Kier alpha value is -2.39. The van der Waals surface area contributed by atoms with E-state index in [2.05, 4.69) is 38.1 Å². The van der Waals surface area contributed by atoms with Gasteiger partial charge in [-0.15, -0.1) is 0 Å². The number of rotatable bonds is 10. The van der Waals surface area contributed by atoms with E-state index >= 15 is 4.39 Å². The monoisotopic (exact) mass is 474 g/mol. The summed E-state index contributed by atoms with van der Waals surface area (Å²) in [6.45, 7) is 5.23. The molecule has 0 saturated carbocycles. The van der Waals surface area contributed by atoms with E-state index in [1.165, 1.54) is 37.4 Å². The number of benzene rings is 3. The molecule has 34 heavy (non-hydrogen) atoms. The minimum absolute atomic E-state index is 0.0291. The van der Waals surface area contributed by atoms with Crippen LogP contribution in [0, 0.1) is 5.82 Å². The van der Waals surface area contributed by atoms with Gasteiger partial charge in [0.2, 0.25) is 0 Å². The first-order valence-corrected chi connectivity index (χ1v) is 15.8. The van der Waals surface area contributed by atoms with Crippen molar-refractivity contribution in [3.8, 4) is 28.0 Å². The number of halogens is 1. The summed E-state index contributed by atoms with van der Waals surface area (Å²) in [6, 6.07) is 26.6. The summed E-state index contributed by atoms with van der Waals surface area (Å²) in [5, 5.41) is 0. The molecular formula is C31H39FOSi. The summed E-state index contributed by atoms with van der Waals surface area (Å²) in [4.78, 5) is 0. The lowest BCUT2D eigenvalue weighted by Gasteiger charge is -2.29. The second kappa shape index (κ2) is 12.4. The van der Waals surface area contributed by atoms with E-state index in [4.69, 9.17) is 4.74 Å². The van der Waals surface area contributed by atoms with Crippen molar-refractivity contribution in [3.63, 3.8) is 0 Å². The first-order valence-electron chi connectivity index (χ1n) is 13.3. The second-order valence-corrected chi connectivity index (χ2v) is 13.3. The molecule has 0 unspecified atom stereocenters. The molecule has 3 aromatic carbocycles. The molecular weight excluding hydrogens is 435 g/mol. The third kappa shape index (κ3) is 5.99. The molecule has 0 amide bonds. The molecule has 0 atom stereocenters. The quantitative estimate of drug-likeness (QED) is 0.210. The Morgan fingerprint density at radius 3 is 2.24 bits per heavy atom. The highest BCUT2D eigenvalue weighted by molar-refractivity contribution is 6.59. The van der Waals surface area contributed by atoms with Gasteiger partial charge in [-0.3, -0.25) is 0 Å². The summed E-state index contributed by atoms with van der Waals surface area (Å²) < 4.78 is 22.2. The van der Waals surface area contributed by atoms with Crippen molar-refractivity contribution in [3.05, 3.63) is 78.1 Å². The number of hydrogen-bond donors (Lipinski definition) is 0. The molecule has 1 fully saturated rings. The molecule has 0 radical (unpaired) electrons. The number of ether oxygens (including phenoxy) is 1. The van der Waals surface area contributed by atoms with Crippen LogP contribution in [0.5, 0.6) is 5.75 Å². The Balaban J connectivity index is 1.64. The Morgan fingerprint density at radius 2 is 1.56 bits per heavy atom. The highest BCUT2D eigenvalue weighted by Crippen LogP contribution is 2.42. The van der Waals surface area contributed by atoms with Crippen LogP contribution in [-0.2, 0) is 0 Å². The number of hydrogen-bond acceptors (Lipinski definition) is 1. The molecule has 0 N–H and O–H groups in total. The first-order chi connectivity index (χ1) is 16.7. The average Bonchev–Trinajstić information content (AvgIpc) is 2.88. The third-order valence-electron chi connectivity index (χ3n) is 7.40. The average molecular weight is 475 g/mol. The van der Waals surface area contributed by atoms with Crippen molar-refractivity contribution in [1.82, 2.24) is 0 Å². The standard InChI is InChI=1S/C31H39FOSi/c1-3-5-9-20-33-27-14-12-26(13-15-27)30-28(24-10-7-6-8-11-24)16-17-29(31(30)32)25-18-22-34(21-4-2)23-19-25/h6-8,10-17,25,34H,3-5,9,18-23H2,1-2H3/t25-,34-. The summed E-state index contributed by atoms with van der Waals surface area (Å²) >= 11 is 0. The topological polar surface area (TPSA) is 9.23 Å². The SMILES string of the molecule is CCCCCOc1ccc(-c2c(-c3ccccc3)ccc([C@H]3CC[Si@H](CCC)CC3)c2F)cc1. The largest absolute Gasteiger partial charge is 0.494 e. The molecule has 1 aliphatic rings. The van der Waals surface area contributed by atoms with Crippen LogP contribution in [-0.4, -0.2) is 15.4 Å². The van der Waals surface area contributed by atoms with E-state index in [0.717, 1.165) is 59.4 Å². The van der Waals surface area contributed by atoms with Gasteiger partial charge in [-0.2, -0.15) is 0 Å². The molecule has 1 nitrogen and oxygen atoms in total. The normalized spacial score (nSPS) is 18.1. The molecule has 0 aliphatic carbocycles. The molecule has 1 heterocycles. The molecule has 3 heteroatoms. The van der Waals surface area contributed by atoms with Gasteiger partial charge >= 0.3 is 0 Å². The van der Waals surface area contributed by atoms with Gasteiger partial charge in [0.25, 0.3) is 0 Å². The smallest absolute Gasteiger partial charge is 0.135 e. The van der Waals surface area contributed by atoms with Crippen LogP contribution in [0.25, 0.3) is 22.3 Å². The lowest BCUT2D eigenvalue weighted by atomic mass is 9.86. The van der Waals surface area contributed by atoms with Crippen LogP contribution < -0.4 is 4.74 Å². The van der Waals surface area contributed by atoms with E-state index in [0.29, 0.717) is 5.92 Å². The highest BCUT2D eigenvalue weighted by atomic mass is 28.3. The molecule has 1 saturated heterocycles. The van der Waals surface area contributed by atoms with Crippen molar-refractivity contribution in [2.45, 2.75) is 76.4 Å². The van der Waals surface area contributed by atoms with E-state index in [-0.39, 0.29) is 5.82 Å². The second-order valence-electron chi connectivity index (χ2n) is 9.84. The predicted octanol–water partition coefficient (Wildman–Crippen LogP) is 9.24. The van der Waals surface area contributed by atoms with Crippen LogP contribution in [0.2, 0.25) is 18.1 Å². The van der Waals surface area contributed by atoms with Gasteiger partial charge in [0, 0.05) is 14.4 Å². The molecule has 0 spiro atoms. The Bertz CT molecular complexity index is 1020. The van der Waals surface area contributed by atoms with Crippen LogP contribution in [0.1, 0.15) is 63.9 Å². The van der Waals surface area contributed by atoms with Gasteiger partial charge < -0.3 is 4.74 Å². The van der Waals surface area contributed by atoms with Gasteiger partial charge in [0.05, 0.1) is 6.61 Å². The molecule has 3 aromatic rings. The van der Waals surface area contributed by atoms with Crippen molar-refractivity contribution in [2.75, 3.05) is 6.61 Å². The summed E-state index contributed by atoms with van der Waals surface area (Å²) in [6.07, 6.45) is 7.05. The number of unbranched alkanes of at least 4 members (excludes halogenated alkanes) is 2. The van der Waals surface area contributed by atoms with Crippen LogP contribution in [0.3, 0.4) is 0 Å². The fourth-order valence-electron chi connectivity index (χ4n) is 5.48. The molecule has 4 rings (SSSR count). The van der Waals surface area contributed by atoms with E-state index in [1.54, 1.807) is 0 Å². The molecule has 1 aliphatic heterocycles. The zero-order valence-corrected chi connectivity index (χ0v) is 22.0. The van der Waals surface area contributed by atoms with Crippen LogP contribution in [0.4, 0.5) is 4.39 Å². The maximum Gasteiger partial charge on any atom is 0.135 e. The Kier molecular flexibility index (Phi) is 8.98. The predicted molar refractivity (Wildman–Crippen MR) is 146 cm³/mol. The molecule has 0 bridgehead atoms. The van der Waals surface area contributed by atoms with Gasteiger partial charge in [0.1, 0.15) is 11.6 Å². The minimum Gasteiger partial charge on any atom is -0.494 e. The summed E-state index contributed by atoms with van der Waals surface area (Å²) in [5.41, 5.74) is 4.59. The summed E-state index contributed by atoms with van der Waals surface area (Å²) in [7, 11) is -0.591. The third-order valence-corrected chi connectivity index (χ3v) is 11.1. The first kappa shape index (κ1) is 24.7. The van der Waals surface area contributed by atoms with Crippen LogP contribution >= 0.6 is 0 Å². The fraction of sp³-hybridized carbons (Fsp3) is 0.419. The van der Waals surface area contributed by atoms with Gasteiger partial charge in [-0.05, 0) is 59.6 Å². The Labute approximate surface area is 207 Å². The van der Waals surface area contributed by atoms with Gasteiger partial charge in [0.15, 0.2) is 0 Å². The maximum atomic E-state index is 16.3. The minimum atomic E-state index is -0.591. The summed E-state index contributed by atoms with van der Waals surface area (Å²) in [5.74, 6) is 1.18. The lowest BCUT2D eigenvalue weighted by Crippen LogP contribution is -2.20. The maximum absolute atomic E-state index is 16.3. The van der Waals surface area contributed by atoms with E-state index in [9.17, 15) is 0 Å². The fourth-order valence-corrected chi connectivity index (χ4v) is 8.91. The van der Waals surface area contributed by atoms with Gasteiger partial charge in [-0.1, -0.05) is 106 Å². The van der Waals surface area contributed by atoms with Crippen molar-refractivity contribution in [2.24, 2.45) is 0 Å². The Morgan fingerprint density at radius 1 is 0.824 bits per heavy atom.